The maximum absolute atomic E-state index is 12.2. The minimum absolute atomic E-state index is 0.437. The molecule has 0 rings (SSSR count). The number of rotatable bonds is 12. The van der Waals surface area contributed by atoms with Crippen molar-refractivity contribution in [1.29, 1.82) is 0 Å². The molecule has 0 saturated heterocycles. The van der Waals surface area contributed by atoms with Crippen LogP contribution in [0.15, 0.2) is 0 Å². The molecule has 0 amide bonds. The summed E-state index contributed by atoms with van der Waals surface area (Å²) in [7, 11) is -3.31. The highest BCUT2D eigenvalue weighted by atomic mass is 35.6. The molecule has 0 unspecified atom stereocenters. The summed E-state index contributed by atoms with van der Waals surface area (Å²) in [5.41, 5.74) is 0. The number of unbranched alkanes of at least 4 members (excludes halogenated alkanes) is 3. The molecule has 136 valence electrons. The Kier molecular flexibility index (Phi) is 18.3. The third-order valence-electron chi connectivity index (χ3n) is 2.24. The van der Waals surface area contributed by atoms with Crippen LogP contribution in [-0.4, -0.2) is 23.1 Å². The summed E-state index contributed by atoms with van der Waals surface area (Å²) in [6.07, 6.45) is 5.63. The summed E-state index contributed by atoms with van der Waals surface area (Å²) < 4.78 is 26.4. The van der Waals surface area contributed by atoms with Crippen LogP contribution >= 0.6 is 54.2 Å². The monoisotopic (exact) mass is 418 g/mol. The highest BCUT2D eigenvalue weighted by Gasteiger charge is 2.25. The molecule has 4 nitrogen and oxygen atoms in total. The van der Waals surface area contributed by atoms with Crippen LogP contribution in [0.2, 0.25) is 0 Å². The van der Waals surface area contributed by atoms with Gasteiger partial charge in [0.1, 0.15) is 0 Å². The van der Waals surface area contributed by atoms with Crippen molar-refractivity contribution in [1.82, 2.24) is 0 Å². The Labute approximate surface area is 154 Å². The number of halogens is 4. The van der Waals surface area contributed by atoms with Crippen LogP contribution in [-0.2, 0) is 18.1 Å². The lowest BCUT2D eigenvalue weighted by Crippen LogP contribution is -2.03. The second kappa shape index (κ2) is 15.8. The highest BCUT2D eigenvalue weighted by Crippen LogP contribution is 2.49. The quantitative estimate of drug-likeness (QED) is 0.192. The van der Waals surface area contributed by atoms with E-state index in [4.69, 9.17) is 60.0 Å². The molecule has 0 aliphatic rings. The molecule has 0 bridgehead atoms. The van der Waals surface area contributed by atoms with Gasteiger partial charge in [-0.2, -0.15) is 0 Å². The van der Waals surface area contributed by atoms with Gasteiger partial charge in [0.05, 0.1) is 19.8 Å². The molecule has 0 atom stereocenters. The zero-order chi connectivity index (χ0) is 17.5. The lowest BCUT2D eigenvalue weighted by molar-refractivity contribution is 0.110. The summed E-state index contributed by atoms with van der Waals surface area (Å²) in [6, 6.07) is 0. The fourth-order valence-corrected chi connectivity index (χ4v) is 2.36. The summed E-state index contributed by atoms with van der Waals surface area (Å²) in [5.74, 6) is 0. The van der Waals surface area contributed by atoms with Crippen molar-refractivity contribution in [3.05, 3.63) is 0 Å². The maximum atomic E-state index is 12.2. The first kappa shape index (κ1) is 25.5. The maximum Gasteiger partial charge on any atom is 0.474 e. The largest absolute Gasteiger partial charge is 0.474 e. The lowest BCUT2D eigenvalue weighted by Gasteiger charge is -2.17. The van der Waals surface area contributed by atoms with Crippen molar-refractivity contribution in [2.24, 2.45) is 0 Å². The molecular weight excluding hydrogens is 393 g/mol. The van der Waals surface area contributed by atoms with E-state index < -0.39 is 11.1 Å². The molecule has 0 aromatic carbocycles. The zero-order valence-electron chi connectivity index (χ0n) is 13.5. The molecular formula is C13H27Cl4O4P. The fourth-order valence-electron chi connectivity index (χ4n) is 1.07. The smallest absolute Gasteiger partial charge is 0.287 e. The highest BCUT2D eigenvalue weighted by molar-refractivity contribution is 7.48. The van der Waals surface area contributed by atoms with Crippen molar-refractivity contribution in [2.75, 3.05) is 19.8 Å². The van der Waals surface area contributed by atoms with Gasteiger partial charge in [0.2, 0.25) is 0 Å². The van der Waals surface area contributed by atoms with Crippen LogP contribution < -0.4 is 0 Å². The third-order valence-corrected chi connectivity index (χ3v) is 3.74. The summed E-state index contributed by atoms with van der Waals surface area (Å²) in [6.45, 7) is 7.49. The molecule has 0 N–H and O–H groups in total. The Balaban J connectivity index is 0. The standard InChI is InChI=1S/C12H27O4P.CCl4/c1-4-7-10-14-17(13,15-11-8-5-2)16-12-9-6-3;2-1(3,4)5/h4-12H2,1-3H3;. The molecule has 9 heteroatoms. The van der Waals surface area contributed by atoms with Gasteiger partial charge in [0.25, 0.3) is 3.25 Å². The lowest BCUT2D eigenvalue weighted by atomic mass is 10.4. The normalized spacial score (nSPS) is 12.0. The fraction of sp³-hybridized carbons (Fsp3) is 1.00. The molecule has 0 aliphatic heterocycles. The van der Waals surface area contributed by atoms with Gasteiger partial charge in [0, 0.05) is 0 Å². The minimum Gasteiger partial charge on any atom is -0.287 e. The van der Waals surface area contributed by atoms with Crippen molar-refractivity contribution >= 4 is 54.2 Å². The average molecular weight is 420 g/mol. The Hall–Kier alpha value is 1.27. The Morgan fingerprint density at radius 2 is 0.955 bits per heavy atom. The van der Waals surface area contributed by atoms with E-state index in [-0.39, 0.29) is 0 Å². The second-order valence-electron chi connectivity index (χ2n) is 4.44. The zero-order valence-corrected chi connectivity index (χ0v) is 17.4. The Morgan fingerprint density at radius 1 is 0.727 bits per heavy atom. The van der Waals surface area contributed by atoms with Crippen LogP contribution in [0.4, 0.5) is 0 Å². The van der Waals surface area contributed by atoms with E-state index >= 15 is 0 Å². The predicted molar refractivity (Wildman–Crippen MR) is 96.3 cm³/mol. The van der Waals surface area contributed by atoms with Gasteiger partial charge in [0.15, 0.2) is 0 Å². The number of phosphoric acid groups is 1. The molecule has 22 heavy (non-hydrogen) atoms. The van der Waals surface area contributed by atoms with E-state index in [1.165, 1.54) is 0 Å². The molecule has 0 saturated carbocycles. The van der Waals surface area contributed by atoms with E-state index in [0.717, 1.165) is 38.5 Å². The molecule has 0 spiro atoms. The average Bonchev–Trinajstić information content (AvgIpc) is 2.38. The number of phosphoric ester groups is 1. The van der Waals surface area contributed by atoms with Gasteiger partial charge in [-0.1, -0.05) is 86.4 Å². The van der Waals surface area contributed by atoms with Crippen molar-refractivity contribution < 1.29 is 18.1 Å². The molecule has 0 fully saturated rings. The van der Waals surface area contributed by atoms with Crippen molar-refractivity contribution in [3.63, 3.8) is 0 Å². The van der Waals surface area contributed by atoms with Crippen LogP contribution in [0.1, 0.15) is 59.3 Å². The molecule has 0 aromatic heterocycles. The summed E-state index contributed by atoms with van der Waals surface area (Å²) >= 11 is 19.3. The Bertz CT molecular complexity index is 248. The van der Waals surface area contributed by atoms with Crippen molar-refractivity contribution in [2.45, 2.75) is 62.5 Å². The number of hydrogen-bond acceptors (Lipinski definition) is 4. The molecule has 0 aliphatic carbocycles. The van der Waals surface area contributed by atoms with Crippen molar-refractivity contribution in [3.8, 4) is 0 Å². The number of alkyl halides is 4. The van der Waals surface area contributed by atoms with Crippen LogP contribution in [0, 0.1) is 0 Å². The SMILES string of the molecule is CCCCOP(=O)(OCCCC)OCCCC.ClC(Cl)(Cl)Cl. The summed E-state index contributed by atoms with van der Waals surface area (Å²) in [5, 5.41) is 0. The van der Waals surface area contributed by atoms with Gasteiger partial charge >= 0.3 is 7.82 Å². The minimum atomic E-state index is -3.31. The summed E-state index contributed by atoms with van der Waals surface area (Å²) in [4.78, 5) is 0. The van der Waals surface area contributed by atoms with Gasteiger partial charge in [-0.15, -0.1) is 0 Å². The van der Waals surface area contributed by atoms with E-state index in [1.54, 1.807) is 0 Å². The van der Waals surface area contributed by atoms with Crippen LogP contribution in [0.5, 0.6) is 0 Å². The van der Waals surface area contributed by atoms with Crippen LogP contribution in [0.3, 0.4) is 0 Å². The molecule has 0 heterocycles. The number of hydrogen-bond donors (Lipinski definition) is 0. The first-order valence-corrected chi connectivity index (χ1v) is 10.4. The Morgan fingerprint density at radius 3 is 1.14 bits per heavy atom. The van der Waals surface area contributed by atoms with Gasteiger partial charge in [-0.25, -0.2) is 4.57 Å². The van der Waals surface area contributed by atoms with Gasteiger partial charge in [-0.05, 0) is 19.3 Å². The van der Waals surface area contributed by atoms with E-state index in [0.29, 0.717) is 19.8 Å². The topological polar surface area (TPSA) is 44.8 Å². The molecule has 0 radical (unpaired) electrons. The third kappa shape index (κ3) is 23.5. The first-order valence-electron chi connectivity index (χ1n) is 7.47. The van der Waals surface area contributed by atoms with Crippen LogP contribution in [0.25, 0.3) is 0 Å². The van der Waals surface area contributed by atoms with E-state index in [1.807, 2.05) is 0 Å². The van der Waals surface area contributed by atoms with Gasteiger partial charge in [-0.3, -0.25) is 13.6 Å². The van der Waals surface area contributed by atoms with E-state index in [2.05, 4.69) is 20.8 Å². The van der Waals surface area contributed by atoms with E-state index in [9.17, 15) is 4.57 Å². The second-order valence-corrected chi connectivity index (χ2v) is 9.53. The predicted octanol–water partition coefficient (Wildman–Crippen LogP) is 7.10. The van der Waals surface area contributed by atoms with Gasteiger partial charge < -0.3 is 0 Å². The first-order chi connectivity index (χ1) is 10.2. The molecule has 0 aromatic rings.